The van der Waals surface area contributed by atoms with Crippen molar-refractivity contribution in [3.63, 3.8) is 0 Å². The Morgan fingerprint density at radius 1 is 1.32 bits per heavy atom. The van der Waals surface area contributed by atoms with Crippen molar-refractivity contribution in [3.8, 4) is 0 Å². The first-order chi connectivity index (χ1) is 10.9. The summed E-state index contributed by atoms with van der Waals surface area (Å²) in [6.07, 6.45) is 4.84. The van der Waals surface area contributed by atoms with Crippen molar-refractivity contribution < 1.29 is 4.52 Å². The van der Waals surface area contributed by atoms with Gasteiger partial charge in [-0.3, -0.25) is 0 Å². The number of hydrogen-bond acceptors (Lipinski definition) is 7. The fourth-order valence-electron chi connectivity index (χ4n) is 2.80. The number of rotatable bonds is 4. The van der Waals surface area contributed by atoms with Gasteiger partial charge in [0.25, 0.3) is 0 Å². The van der Waals surface area contributed by atoms with Crippen LogP contribution in [0.2, 0.25) is 0 Å². The van der Waals surface area contributed by atoms with Gasteiger partial charge in [0, 0.05) is 36.0 Å². The highest BCUT2D eigenvalue weighted by molar-refractivity contribution is 7.13. The van der Waals surface area contributed by atoms with E-state index in [1.54, 1.807) is 22.7 Å². The third-order valence-corrected chi connectivity index (χ3v) is 5.57. The van der Waals surface area contributed by atoms with Crippen LogP contribution >= 0.6 is 22.7 Å². The summed E-state index contributed by atoms with van der Waals surface area (Å²) in [5, 5.41) is 9.32. The van der Waals surface area contributed by atoms with E-state index in [2.05, 4.69) is 31.5 Å². The highest BCUT2D eigenvalue weighted by Crippen LogP contribution is 2.30. The maximum atomic E-state index is 5.52. The van der Waals surface area contributed by atoms with Gasteiger partial charge in [0.2, 0.25) is 5.89 Å². The van der Waals surface area contributed by atoms with Gasteiger partial charge in [-0.05, 0) is 24.3 Å². The number of piperidine rings is 1. The molecule has 0 aliphatic carbocycles. The molecule has 1 saturated heterocycles. The van der Waals surface area contributed by atoms with E-state index >= 15 is 0 Å². The largest absolute Gasteiger partial charge is 0.347 e. The van der Waals surface area contributed by atoms with E-state index in [-0.39, 0.29) is 0 Å². The van der Waals surface area contributed by atoms with E-state index in [1.807, 2.05) is 17.6 Å². The van der Waals surface area contributed by atoms with Crippen molar-refractivity contribution in [2.45, 2.75) is 25.2 Å². The summed E-state index contributed by atoms with van der Waals surface area (Å²) in [6, 6.07) is 4.15. The van der Waals surface area contributed by atoms with Crippen LogP contribution in [0.15, 0.2) is 33.6 Å². The summed E-state index contributed by atoms with van der Waals surface area (Å²) >= 11 is 3.41. The van der Waals surface area contributed by atoms with E-state index < -0.39 is 0 Å². The van der Waals surface area contributed by atoms with Gasteiger partial charge >= 0.3 is 0 Å². The molecular formula is C15H16N4OS2. The lowest BCUT2D eigenvalue weighted by molar-refractivity contribution is 0.331. The van der Waals surface area contributed by atoms with Crippen molar-refractivity contribution in [2.75, 3.05) is 18.0 Å². The molecule has 0 radical (unpaired) electrons. The molecule has 4 rings (SSSR count). The molecule has 0 unspecified atom stereocenters. The van der Waals surface area contributed by atoms with E-state index in [0.29, 0.717) is 5.92 Å². The molecule has 114 valence electrons. The Hall–Kier alpha value is -1.73. The van der Waals surface area contributed by atoms with Gasteiger partial charge in [-0.15, -0.1) is 22.7 Å². The van der Waals surface area contributed by atoms with Crippen molar-refractivity contribution in [2.24, 2.45) is 0 Å². The fourth-order valence-corrected chi connectivity index (χ4v) is 4.18. The second kappa shape index (κ2) is 6.18. The van der Waals surface area contributed by atoms with E-state index in [9.17, 15) is 0 Å². The molecule has 3 aromatic heterocycles. The van der Waals surface area contributed by atoms with Crippen LogP contribution in [0.25, 0.3) is 0 Å². The van der Waals surface area contributed by atoms with Crippen molar-refractivity contribution in [3.05, 3.63) is 45.7 Å². The van der Waals surface area contributed by atoms with Crippen LogP contribution in [0.3, 0.4) is 0 Å². The number of nitrogens with zero attached hydrogens (tertiary/aromatic N) is 4. The van der Waals surface area contributed by atoms with Crippen molar-refractivity contribution in [1.82, 2.24) is 15.1 Å². The average Bonchev–Trinajstić information content (AvgIpc) is 3.31. The van der Waals surface area contributed by atoms with Gasteiger partial charge in [0.15, 0.2) is 11.0 Å². The highest BCUT2D eigenvalue weighted by atomic mass is 32.1. The smallest absolute Gasteiger partial charge is 0.231 e. The number of hydrogen-bond donors (Lipinski definition) is 0. The SMILES string of the molecule is c1csc(Cc2noc([C@H]3CCCN(c4nccs4)C3)n2)c1. The summed E-state index contributed by atoms with van der Waals surface area (Å²) in [6.45, 7) is 1.97. The molecule has 0 bridgehead atoms. The zero-order valence-corrected chi connectivity index (χ0v) is 13.6. The fraction of sp³-hybridized carbons (Fsp3) is 0.400. The summed E-state index contributed by atoms with van der Waals surface area (Å²) < 4.78 is 5.52. The molecule has 0 amide bonds. The van der Waals surface area contributed by atoms with Gasteiger partial charge in [-0.1, -0.05) is 11.2 Å². The second-order valence-corrected chi connectivity index (χ2v) is 7.31. The Morgan fingerprint density at radius 2 is 2.32 bits per heavy atom. The van der Waals surface area contributed by atoms with E-state index in [4.69, 9.17) is 4.52 Å². The molecule has 0 aromatic carbocycles. The second-order valence-electron chi connectivity index (χ2n) is 5.40. The summed E-state index contributed by atoms with van der Waals surface area (Å²) in [5.74, 6) is 1.86. The minimum atomic E-state index is 0.308. The van der Waals surface area contributed by atoms with Crippen LogP contribution in [0.1, 0.15) is 35.4 Å². The third-order valence-electron chi connectivity index (χ3n) is 3.86. The predicted octanol–water partition coefficient (Wildman–Crippen LogP) is 3.56. The zero-order valence-electron chi connectivity index (χ0n) is 12.0. The Balaban J connectivity index is 1.46. The van der Waals surface area contributed by atoms with Crippen molar-refractivity contribution in [1.29, 1.82) is 0 Å². The van der Waals surface area contributed by atoms with Gasteiger partial charge < -0.3 is 9.42 Å². The lowest BCUT2D eigenvalue weighted by atomic mass is 9.98. The molecule has 1 aliphatic heterocycles. The minimum Gasteiger partial charge on any atom is -0.347 e. The summed E-state index contributed by atoms with van der Waals surface area (Å²) in [5.41, 5.74) is 0. The van der Waals surface area contributed by atoms with Gasteiger partial charge in [-0.25, -0.2) is 4.98 Å². The Labute approximate surface area is 136 Å². The predicted molar refractivity (Wildman–Crippen MR) is 87.7 cm³/mol. The first kappa shape index (κ1) is 13.9. The normalized spacial score (nSPS) is 18.7. The van der Waals surface area contributed by atoms with Gasteiger partial charge in [-0.2, -0.15) is 4.98 Å². The molecule has 0 saturated carbocycles. The van der Waals surface area contributed by atoms with Gasteiger partial charge in [0.05, 0.1) is 5.92 Å². The third kappa shape index (κ3) is 2.91. The van der Waals surface area contributed by atoms with E-state index in [1.165, 1.54) is 4.88 Å². The maximum absolute atomic E-state index is 5.52. The number of anilines is 1. The summed E-state index contributed by atoms with van der Waals surface area (Å²) in [4.78, 5) is 12.6. The Kier molecular flexibility index (Phi) is 3.90. The Morgan fingerprint density at radius 3 is 3.14 bits per heavy atom. The molecule has 1 fully saturated rings. The molecule has 4 heterocycles. The summed E-state index contributed by atoms with van der Waals surface area (Å²) in [7, 11) is 0. The molecule has 1 aliphatic rings. The lowest BCUT2D eigenvalue weighted by Crippen LogP contribution is -2.34. The zero-order chi connectivity index (χ0) is 14.8. The van der Waals surface area contributed by atoms with Crippen molar-refractivity contribution >= 4 is 27.8 Å². The van der Waals surface area contributed by atoms with Crippen LogP contribution in [-0.2, 0) is 6.42 Å². The van der Waals surface area contributed by atoms with E-state index in [0.717, 1.165) is 49.2 Å². The van der Waals surface area contributed by atoms with Crippen LogP contribution in [0.4, 0.5) is 5.13 Å². The highest BCUT2D eigenvalue weighted by Gasteiger charge is 2.27. The number of aromatic nitrogens is 3. The quantitative estimate of drug-likeness (QED) is 0.731. The Bertz CT molecular complexity index is 708. The van der Waals surface area contributed by atoms with Crippen LogP contribution in [0, 0.1) is 0 Å². The van der Waals surface area contributed by atoms with Gasteiger partial charge in [0.1, 0.15) is 0 Å². The first-order valence-corrected chi connectivity index (χ1v) is 9.14. The standard InChI is InChI=1S/C15H16N4OS2/c1-3-11(10-19(6-1)15-16-5-8-22-15)14-17-13(18-20-14)9-12-4-2-7-21-12/h2,4-5,7-8,11H,1,3,6,9-10H2/t11-/m0/s1. The van der Waals surface area contributed by atoms with Crippen LogP contribution < -0.4 is 4.90 Å². The molecule has 22 heavy (non-hydrogen) atoms. The molecule has 5 nitrogen and oxygen atoms in total. The first-order valence-electron chi connectivity index (χ1n) is 7.38. The molecule has 7 heteroatoms. The van der Waals surface area contributed by atoms with Crippen LogP contribution in [-0.4, -0.2) is 28.2 Å². The molecule has 0 N–H and O–H groups in total. The monoisotopic (exact) mass is 332 g/mol. The number of thiophene rings is 1. The molecule has 3 aromatic rings. The molecular weight excluding hydrogens is 316 g/mol. The van der Waals surface area contributed by atoms with Crippen LogP contribution in [0.5, 0.6) is 0 Å². The maximum Gasteiger partial charge on any atom is 0.231 e. The minimum absolute atomic E-state index is 0.308. The molecule has 0 spiro atoms. The number of thiazole rings is 1. The average molecular weight is 332 g/mol. The lowest BCUT2D eigenvalue weighted by Gasteiger charge is -2.30. The molecule has 1 atom stereocenters. The topological polar surface area (TPSA) is 55.1 Å².